The van der Waals surface area contributed by atoms with E-state index < -0.39 is 12.1 Å². The molecule has 2 atom stereocenters. The lowest BCUT2D eigenvalue weighted by Crippen LogP contribution is -2.49. The summed E-state index contributed by atoms with van der Waals surface area (Å²) in [6.45, 7) is 4.29. The van der Waals surface area contributed by atoms with Crippen molar-refractivity contribution in [2.24, 2.45) is 5.92 Å². The Morgan fingerprint density at radius 2 is 1.80 bits per heavy atom. The summed E-state index contributed by atoms with van der Waals surface area (Å²) in [6, 6.07) is 13.2. The molecule has 2 amide bonds. The van der Waals surface area contributed by atoms with Gasteiger partial charge in [-0.05, 0) is 54.7 Å². The van der Waals surface area contributed by atoms with E-state index in [0.717, 1.165) is 41.4 Å². The number of anilines is 1. The van der Waals surface area contributed by atoms with Crippen molar-refractivity contribution >= 4 is 33.4 Å². The lowest BCUT2D eigenvalue weighted by Gasteiger charge is -2.33. The first-order valence-corrected chi connectivity index (χ1v) is 13.4. The Hall–Kier alpha value is -2.54. The summed E-state index contributed by atoms with van der Waals surface area (Å²) in [7, 11) is 4.00. The molecule has 4 rings (SSSR count). The smallest absolute Gasteiger partial charge is 0.265 e. The molecule has 0 spiro atoms. The van der Waals surface area contributed by atoms with E-state index in [-0.39, 0.29) is 23.8 Å². The summed E-state index contributed by atoms with van der Waals surface area (Å²) >= 11 is 3.56. The van der Waals surface area contributed by atoms with E-state index in [1.165, 1.54) is 6.42 Å². The highest BCUT2D eigenvalue weighted by molar-refractivity contribution is 9.10. The molecule has 1 fully saturated rings. The van der Waals surface area contributed by atoms with Crippen LogP contribution in [0.3, 0.4) is 0 Å². The number of nitrogens with one attached hydrogen (secondary N) is 1. The van der Waals surface area contributed by atoms with Gasteiger partial charge in [-0.1, -0.05) is 61.2 Å². The van der Waals surface area contributed by atoms with Crippen molar-refractivity contribution in [3.8, 4) is 5.75 Å². The Morgan fingerprint density at radius 3 is 2.43 bits per heavy atom. The molecule has 2 unspecified atom stereocenters. The van der Waals surface area contributed by atoms with Crippen LogP contribution < -0.4 is 15.0 Å². The normalized spacial score (nSPS) is 20.7. The fraction of sp³-hybridized carbons (Fsp3) is 0.500. The molecular formula is C28H36BrN3O3. The molecule has 1 aliphatic heterocycles. The molecule has 1 saturated carbocycles. The minimum atomic E-state index is -0.769. The molecule has 0 aromatic heterocycles. The van der Waals surface area contributed by atoms with Crippen molar-refractivity contribution < 1.29 is 14.3 Å². The number of nitrogens with zero attached hydrogens (tertiary/aromatic N) is 2. The van der Waals surface area contributed by atoms with Gasteiger partial charge < -0.3 is 19.9 Å². The number of fused-ring (bicyclic) bond motifs is 1. The van der Waals surface area contributed by atoms with Crippen LogP contribution in [-0.4, -0.2) is 43.0 Å². The van der Waals surface area contributed by atoms with Gasteiger partial charge >= 0.3 is 0 Å². The third kappa shape index (κ3) is 5.83. The van der Waals surface area contributed by atoms with Crippen molar-refractivity contribution in [2.45, 2.75) is 70.7 Å². The van der Waals surface area contributed by atoms with E-state index in [1.807, 2.05) is 75.3 Å². The van der Waals surface area contributed by atoms with Crippen LogP contribution in [0.2, 0.25) is 0 Å². The number of amides is 2. The highest BCUT2D eigenvalue weighted by Crippen LogP contribution is 2.38. The molecular weight excluding hydrogens is 506 g/mol. The molecule has 2 aromatic carbocycles. The quantitative estimate of drug-likeness (QED) is 0.528. The molecule has 7 heteroatoms. The third-order valence-electron chi connectivity index (χ3n) is 6.97. The SMILES string of the molecule is CC(C)C1Oc2ccc(Br)cc2C(C(=O)NC2CCCCC2)N(Cc2ccc(N(C)C)cc2)C1=O. The molecule has 1 N–H and O–H groups in total. The molecule has 1 heterocycles. The average Bonchev–Trinajstić information content (AvgIpc) is 2.94. The number of halogens is 1. The summed E-state index contributed by atoms with van der Waals surface area (Å²) in [6.07, 6.45) is 4.75. The van der Waals surface area contributed by atoms with E-state index in [2.05, 4.69) is 21.2 Å². The zero-order valence-corrected chi connectivity index (χ0v) is 22.7. The lowest BCUT2D eigenvalue weighted by atomic mass is 9.94. The molecule has 2 aliphatic rings. The second-order valence-corrected chi connectivity index (χ2v) is 11.2. The number of ether oxygens (including phenoxy) is 1. The van der Waals surface area contributed by atoms with E-state index in [0.29, 0.717) is 17.9 Å². The van der Waals surface area contributed by atoms with Crippen LogP contribution in [-0.2, 0) is 16.1 Å². The maximum atomic E-state index is 13.9. The molecule has 0 radical (unpaired) electrons. The predicted molar refractivity (Wildman–Crippen MR) is 142 cm³/mol. The van der Waals surface area contributed by atoms with Crippen molar-refractivity contribution in [1.29, 1.82) is 0 Å². The molecule has 6 nitrogen and oxygen atoms in total. The summed E-state index contributed by atoms with van der Waals surface area (Å²) in [4.78, 5) is 31.6. The molecule has 0 bridgehead atoms. The number of hydrogen-bond acceptors (Lipinski definition) is 4. The van der Waals surface area contributed by atoms with Crippen molar-refractivity contribution in [3.63, 3.8) is 0 Å². The number of hydrogen-bond donors (Lipinski definition) is 1. The maximum Gasteiger partial charge on any atom is 0.265 e. The summed E-state index contributed by atoms with van der Waals surface area (Å²) in [5.41, 5.74) is 2.77. The first kappa shape index (κ1) is 25.5. The van der Waals surface area contributed by atoms with E-state index >= 15 is 0 Å². The van der Waals surface area contributed by atoms with Crippen LogP contribution in [0.15, 0.2) is 46.9 Å². The Morgan fingerprint density at radius 1 is 1.11 bits per heavy atom. The number of rotatable bonds is 6. The molecule has 1 aliphatic carbocycles. The van der Waals surface area contributed by atoms with Crippen LogP contribution in [0, 0.1) is 5.92 Å². The van der Waals surface area contributed by atoms with Gasteiger partial charge in [0.1, 0.15) is 11.8 Å². The highest BCUT2D eigenvalue weighted by atomic mass is 79.9. The van der Waals surface area contributed by atoms with Crippen LogP contribution in [0.4, 0.5) is 5.69 Å². The standard InChI is InChI=1S/C28H36BrN3O3/c1-18(2)26-28(34)32(17-19-10-13-22(14-11-19)31(3)4)25(23-16-20(29)12-15-24(23)35-26)27(33)30-21-8-6-5-7-9-21/h10-16,18,21,25-26H,5-9,17H2,1-4H3,(H,30,33). The molecule has 35 heavy (non-hydrogen) atoms. The topological polar surface area (TPSA) is 61.9 Å². The van der Waals surface area contributed by atoms with E-state index in [1.54, 1.807) is 4.90 Å². The zero-order valence-electron chi connectivity index (χ0n) is 21.1. The molecule has 0 saturated heterocycles. The van der Waals surface area contributed by atoms with Gasteiger partial charge in [0.2, 0.25) is 5.91 Å². The fourth-order valence-corrected chi connectivity index (χ4v) is 5.36. The summed E-state index contributed by atoms with van der Waals surface area (Å²) in [5.74, 6) is 0.252. The predicted octanol–water partition coefficient (Wildman–Crippen LogP) is 5.45. The maximum absolute atomic E-state index is 13.9. The first-order valence-electron chi connectivity index (χ1n) is 12.6. The van der Waals surface area contributed by atoms with Crippen LogP contribution in [0.5, 0.6) is 5.75 Å². The Kier molecular flexibility index (Phi) is 8.05. The first-order chi connectivity index (χ1) is 16.7. The van der Waals surface area contributed by atoms with Gasteiger partial charge in [-0.25, -0.2) is 0 Å². The average molecular weight is 543 g/mol. The van der Waals surface area contributed by atoms with Crippen LogP contribution >= 0.6 is 15.9 Å². The van der Waals surface area contributed by atoms with Gasteiger partial charge in [0, 0.05) is 42.4 Å². The van der Waals surface area contributed by atoms with Crippen molar-refractivity contribution in [1.82, 2.24) is 10.2 Å². The fourth-order valence-electron chi connectivity index (χ4n) is 4.98. The minimum absolute atomic E-state index is 0.0437. The third-order valence-corrected chi connectivity index (χ3v) is 7.46. The van der Waals surface area contributed by atoms with Gasteiger partial charge in [-0.15, -0.1) is 0 Å². The zero-order chi connectivity index (χ0) is 25.1. The van der Waals surface area contributed by atoms with Crippen molar-refractivity contribution in [2.75, 3.05) is 19.0 Å². The monoisotopic (exact) mass is 541 g/mol. The summed E-state index contributed by atoms with van der Waals surface area (Å²) in [5, 5.41) is 3.27. The number of benzene rings is 2. The van der Waals surface area contributed by atoms with Gasteiger partial charge in [-0.3, -0.25) is 9.59 Å². The second-order valence-electron chi connectivity index (χ2n) is 10.2. The van der Waals surface area contributed by atoms with Gasteiger partial charge in [0.15, 0.2) is 6.10 Å². The van der Waals surface area contributed by atoms with Crippen molar-refractivity contribution in [3.05, 3.63) is 58.1 Å². The molecule has 188 valence electrons. The van der Waals surface area contributed by atoms with E-state index in [4.69, 9.17) is 4.74 Å². The lowest BCUT2D eigenvalue weighted by molar-refractivity contribution is -0.147. The Bertz CT molecular complexity index is 1050. The van der Waals surface area contributed by atoms with Crippen LogP contribution in [0.1, 0.15) is 63.1 Å². The van der Waals surface area contributed by atoms with Gasteiger partial charge in [0.25, 0.3) is 5.91 Å². The Balaban J connectivity index is 1.75. The largest absolute Gasteiger partial charge is 0.480 e. The highest BCUT2D eigenvalue weighted by Gasteiger charge is 2.42. The minimum Gasteiger partial charge on any atom is -0.480 e. The van der Waals surface area contributed by atoms with E-state index in [9.17, 15) is 9.59 Å². The number of carbonyl (C=O) groups is 2. The summed E-state index contributed by atoms with van der Waals surface area (Å²) < 4.78 is 7.12. The molecule has 2 aromatic rings. The van der Waals surface area contributed by atoms with Crippen LogP contribution in [0.25, 0.3) is 0 Å². The number of carbonyl (C=O) groups excluding carboxylic acids is 2. The second kappa shape index (κ2) is 11.0. The Labute approximate surface area is 217 Å². The van der Waals surface area contributed by atoms with Gasteiger partial charge in [0.05, 0.1) is 0 Å². The van der Waals surface area contributed by atoms with Gasteiger partial charge in [-0.2, -0.15) is 0 Å².